The van der Waals surface area contributed by atoms with Crippen molar-refractivity contribution in [2.75, 3.05) is 6.54 Å². The van der Waals surface area contributed by atoms with E-state index in [0.717, 1.165) is 4.90 Å². The van der Waals surface area contributed by atoms with Crippen molar-refractivity contribution in [3.05, 3.63) is 0 Å². The van der Waals surface area contributed by atoms with Crippen molar-refractivity contribution >= 4 is 17.8 Å². The van der Waals surface area contributed by atoms with Crippen molar-refractivity contribution in [1.29, 1.82) is 0 Å². The van der Waals surface area contributed by atoms with Crippen LogP contribution in [0.1, 0.15) is 33.6 Å². The molecular weight excluding hydrogens is 226 g/mol. The third kappa shape index (κ3) is 3.72. The number of carboxylic acids is 1. The quantitative estimate of drug-likeness (QED) is 0.725. The SMILES string of the molecule is CC(C)(C)OC(=O)CN1C(=O)CC[C@H]1C(=O)O. The maximum atomic E-state index is 11.5. The Morgan fingerprint density at radius 2 is 2.06 bits per heavy atom. The fraction of sp³-hybridized carbons (Fsp3) is 0.727. The Morgan fingerprint density at radius 1 is 1.47 bits per heavy atom. The predicted octanol–water partition coefficient (Wildman–Crippen LogP) is 0.404. The number of carbonyl (C=O) groups excluding carboxylic acids is 2. The highest BCUT2D eigenvalue weighted by Gasteiger charge is 2.37. The Balaban J connectivity index is 2.63. The van der Waals surface area contributed by atoms with E-state index >= 15 is 0 Å². The van der Waals surface area contributed by atoms with E-state index in [2.05, 4.69) is 0 Å². The molecule has 17 heavy (non-hydrogen) atoms. The minimum atomic E-state index is -1.08. The number of ether oxygens (including phenoxy) is 1. The first kappa shape index (κ1) is 13.5. The molecule has 0 radical (unpaired) electrons. The van der Waals surface area contributed by atoms with Crippen molar-refractivity contribution in [2.45, 2.75) is 45.3 Å². The molecule has 1 atom stereocenters. The van der Waals surface area contributed by atoms with Crippen LogP contribution < -0.4 is 0 Å². The van der Waals surface area contributed by atoms with Crippen molar-refractivity contribution < 1.29 is 24.2 Å². The molecule has 0 bridgehead atoms. The van der Waals surface area contributed by atoms with E-state index in [4.69, 9.17) is 9.84 Å². The number of likely N-dealkylation sites (tertiary alicyclic amines) is 1. The molecule has 1 saturated heterocycles. The van der Waals surface area contributed by atoms with Gasteiger partial charge in [-0.15, -0.1) is 0 Å². The van der Waals surface area contributed by atoms with E-state index in [1.165, 1.54) is 0 Å². The summed E-state index contributed by atoms with van der Waals surface area (Å²) in [6, 6.07) is -0.907. The molecule has 0 aromatic heterocycles. The summed E-state index contributed by atoms with van der Waals surface area (Å²) in [7, 11) is 0. The normalized spacial score (nSPS) is 20.5. The summed E-state index contributed by atoms with van der Waals surface area (Å²) in [6.45, 7) is 4.84. The molecule has 0 aromatic rings. The number of hydrogen-bond acceptors (Lipinski definition) is 4. The van der Waals surface area contributed by atoms with Gasteiger partial charge in [0.25, 0.3) is 0 Å². The van der Waals surface area contributed by atoms with Crippen LogP contribution in [0.5, 0.6) is 0 Å². The number of carboxylic acid groups (broad SMARTS) is 1. The molecule has 1 heterocycles. The van der Waals surface area contributed by atoms with E-state index in [-0.39, 0.29) is 25.3 Å². The van der Waals surface area contributed by atoms with Crippen LogP contribution in [-0.4, -0.2) is 46.0 Å². The maximum absolute atomic E-state index is 11.5. The lowest BCUT2D eigenvalue weighted by atomic mass is 10.2. The molecule has 1 amide bonds. The summed E-state index contributed by atoms with van der Waals surface area (Å²) in [5, 5.41) is 8.90. The molecule has 0 saturated carbocycles. The van der Waals surface area contributed by atoms with Crippen molar-refractivity contribution in [3.63, 3.8) is 0 Å². The zero-order valence-corrected chi connectivity index (χ0v) is 10.2. The molecule has 1 N–H and O–H groups in total. The predicted molar refractivity (Wildman–Crippen MR) is 58.2 cm³/mol. The molecule has 0 aromatic carbocycles. The molecule has 0 spiro atoms. The minimum absolute atomic E-state index is 0.166. The van der Waals surface area contributed by atoms with Crippen LogP contribution in [0.25, 0.3) is 0 Å². The van der Waals surface area contributed by atoms with Crippen molar-refractivity contribution in [3.8, 4) is 0 Å². The number of rotatable bonds is 3. The lowest BCUT2D eigenvalue weighted by molar-refractivity contribution is -0.160. The first-order valence-corrected chi connectivity index (χ1v) is 5.45. The Morgan fingerprint density at radius 3 is 2.53 bits per heavy atom. The zero-order valence-electron chi connectivity index (χ0n) is 10.2. The average molecular weight is 243 g/mol. The fourth-order valence-corrected chi connectivity index (χ4v) is 1.70. The Hall–Kier alpha value is -1.59. The summed E-state index contributed by atoms with van der Waals surface area (Å²) in [4.78, 5) is 34.9. The molecule has 1 fully saturated rings. The molecule has 96 valence electrons. The topological polar surface area (TPSA) is 83.9 Å². The van der Waals surface area contributed by atoms with E-state index in [9.17, 15) is 14.4 Å². The highest BCUT2D eigenvalue weighted by molar-refractivity contribution is 5.90. The van der Waals surface area contributed by atoms with Crippen LogP contribution >= 0.6 is 0 Å². The number of nitrogens with zero attached hydrogens (tertiary/aromatic N) is 1. The van der Waals surface area contributed by atoms with Gasteiger partial charge in [-0.3, -0.25) is 9.59 Å². The Labute approximate surface area is 99.5 Å². The smallest absolute Gasteiger partial charge is 0.326 e. The van der Waals surface area contributed by atoms with Crippen molar-refractivity contribution in [1.82, 2.24) is 4.90 Å². The van der Waals surface area contributed by atoms with Gasteiger partial charge in [-0.25, -0.2) is 4.79 Å². The van der Waals surface area contributed by atoms with E-state index in [0.29, 0.717) is 0 Å². The number of esters is 1. The minimum Gasteiger partial charge on any atom is -0.480 e. The third-order valence-electron chi connectivity index (χ3n) is 2.33. The zero-order chi connectivity index (χ0) is 13.2. The van der Waals surface area contributed by atoms with E-state index in [1.807, 2.05) is 0 Å². The molecule has 0 unspecified atom stereocenters. The molecule has 6 heteroatoms. The van der Waals surface area contributed by atoms with E-state index < -0.39 is 23.6 Å². The first-order chi connectivity index (χ1) is 7.70. The molecule has 1 aliphatic heterocycles. The molecule has 0 aliphatic carbocycles. The molecule has 6 nitrogen and oxygen atoms in total. The van der Waals surface area contributed by atoms with Gasteiger partial charge in [0.05, 0.1) is 0 Å². The summed E-state index contributed by atoms with van der Waals surface area (Å²) in [5.41, 5.74) is -0.640. The largest absolute Gasteiger partial charge is 0.480 e. The highest BCUT2D eigenvalue weighted by atomic mass is 16.6. The number of aliphatic carboxylic acids is 1. The van der Waals surface area contributed by atoms with Gasteiger partial charge in [-0.1, -0.05) is 0 Å². The van der Waals surface area contributed by atoms with Gasteiger partial charge in [0, 0.05) is 6.42 Å². The Kier molecular flexibility index (Phi) is 3.75. The van der Waals surface area contributed by atoms with Gasteiger partial charge < -0.3 is 14.7 Å². The second-order valence-electron chi connectivity index (χ2n) is 5.00. The third-order valence-corrected chi connectivity index (χ3v) is 2.33. The number of amides is 1. The maximum Gasteiger partial charge on any atom is 0.326 e. The van der Waals surface area contributed by atoms with Gasteiger partial charge in [0.1, 0.15) is 18.2 Å². The van der Waals surface area contributed by atoms with Gasteiger partial charge >= 0.3 is 11.9 Å². The summed E-state index contributed by atoms with van der Waals surface area (Å²) < 4.78 is 5.05. The van der Waals surface area contributed by atoms with Gasteiger partial charge in [-0.05, 0) is 27.2 Å². The van der Waals surface area contributed by atoms with Crippen LogP contribution in [0.3, 0.4) is 0 Å². The van der Waals surface area contributed by atoms with E-state index in [1.54, 1.807) is 20.8 Å². The molecule has 1 rings (SSSR count). The lowest BCUT2D eigenvalue weighted by Gasteiger charge is -2.24. The second kappa shape index (κ2) is 4.73. The highest BCUT2D eigenvalue weighted by Crippen LogP contribution is 2.19. The van der Waals surface area contributed by atoms with Crippen LogP contribution in [-0.2, 0) is 19.1 Å². The number of carbonyl (C=O) groups is 3. The van der Waals surface area contributed by atoms with Crippen LogP contribution in [0.2, 0.25) is 0 Å². The summed E-state index contributed by atoms with van der Waals surface area (Å²) in [6.07, 6.45) is 0.413. The molecular formula is C11H17NO5. The van der Waals surface area contributed by atoms with Gasteiger partial charge in [0.2, 0.25) is 5.91 Å². The second-order valence-corrected chi connectivity index (χ2v) is 5.00. The van der Waals surface area contributed by atoms with Crippen LogP contribution in [0.4, 0.5) is 0 Å². The number of hydrogen-bond donors (Lipinski definition) is 1. The van der Waals surface area contributed by atoms with Crippen molar-refractivity contribution in [2.24, 2.45) is 0 Å². The average Bonchev–Trinajstić information content (AvgIpc) is 2.44. The lowest BCUT2D eigenvalue weighted by Crippen LogP contribution is -2.43. The van der Waals surface area contributed by atoms with Crippen LogP contribution in [0, 0.1) is 0 Å². The van der Waals surface area contributed by atoms with Gasteiger partial charge in [-0.2, -0.15) is 0 Å². The first-order valence-electron chi connectivity index (χ1n) is 5.45. The summed E-state index contributed by atoms with van der Waals surface area (Å²) >= 11 is 0. The van der Waals surface area contributed by atoms with Gasteiger partial charge in [0.15, 0.2) is 0 Å². The fourth-order valence-electron chi connectivity index (χ4n) is 1.70. The van der Waals surface area contributed by atoms with Crippen LogP contribution in [0.15, 0.2) is 0 Å². The monoisotopic (exact) mass is 243 g/mol. The Bertz CT molecular complexity index is 344. The molecule has 1 aliphatic rings. The standard InChI is InChI=1S/C11H17NO5/c1-11(2,3)17-9(14)6-12-7(10(15)16)4-5-8(12)13/h7H,4-6H2,1-3H3,(H,15,16)/t7-/m0/s1. The summed E-state index contributed by atoms with van der Waals surface area (Å²) in [5.74, 6) is -1.98.